The highest BCUT2D eigenvalue weighted by Crippen LogP contribution is 2.48. The maximum atomic E-state index is 2.49. The molecule has 0 radical (unpaired) electrons. The third-order valence-electron chi connectivity index (χ3n) is 8.02. The van der Waals surface area contributed by atoms with Crippen molar-refractivity contribution < 1.29 is 0 Å². The van der Waals surface area contributed by atoms with E-state index in [2.05, 4.69) is 132 Å². The van der Waals surface area contributed by atoms with Crippen LogP contribution in [0.2, 0.25) is 0 Å². The molecule has 182 valence electrons. The molecule has 9 aromatic rings. The SMILES string of the molecule is c1cc(-c2cccc3ccccc23)cc(-n2c3ccccc3c3ccc4c(sc5sc6ccccc6c54)c32)c1. The second-order valence-electron chi connectivity index (χ2n) is 10.1. The molecule has 3 heterocycles. The predicted octanol–water partition coefficient (Wildman–Crippen LogP) is 11.2. The van der Waals surface area contributed by atoms with Gasteiger partial charge in [-0.3, -0.25) is 0 Å². The van der Waals surface area contributed by atoms with Gasteiger partial charge in [0.25, 0.3) is 0 Å². The monoisotopic (exact) mass is 531 g/mol. The van der Waals surface area contributed by atoms with Gasteiger partial charge in [0.05, 0.1) is 19.7 Å². The van der Waals surface area contributed by atoms with Crippen molar-refractivity contribution in [3.63, 3.8) is 0 Å². The van der Waals surface area contributed by atoms with Crippen LogP contribution in [0.4, 0.5) is 0 Å². The molecule has 0 atom stereocenters. The summed E-state index contributed by atoms with van der Waals surface area (Å²) in [5, 5.41) is 9.28. The standard InChI is InChI=1S/C36H21NS2/c1-2-13-25-22(9-1)10-8-16-26(25)23-11-7-12-24(21-23)37-31-17-5-3-14-27(31)28-19-20-30-33-29-15-4-6-18-32(29)38-36(33)39-35(30)34(28)37/h1-21H. The Balaban J connectivity index is 1.39. The number of benzene rings is 6. The van der Waals surface area contributed by atoms with Crippen LogP contribution in [0.5, 0.6) is 0 Å². The lowest BCUT2D eigenvalue weighted by atomic mass is 9.98. The van der Waals surface area contributed by atoms with Crippen LogP contribution in [-0.4, -0.2) is 4.57 Å². The van der Waals surface area contributed by atoms with Crippen molar-refractivity contribution in [2.75, 3.05) is 0 Å². The molecule has 9 rings (SSSR count). The van der Waals surface area contributed by atoms with Crippen LogP contribution >= 0.6 is 22.7 Å². The van der Waals surface area contributed by atoms with Crippen LogP contribution in [0, 0.1) is 0 Å². The highest BCUT2D eigenvalue weighted by Gasteiger charge is 2.20. The molecule has 0 amide bonds. The van der Waals surface area contributed by atoms with Crippen LogP contribution < -0.4 is 0 Å². The minimum Gasteiger partial charge on any atom is -0.308 e. The van der Waals surface area contributed by atoms with Crippen molar-refractivity contribution in [1.82, 2.24) is 4.57 Å². The van der Waals surface area contributed by atoms with E-state index in [4.69, 9.17) is 0 Å². The van der Waals surface area contributed by atoms with Gasteiger partial charge in [-0.05, 0) is 46.2 Å². The first kappa shape index (κ1) is 21.5. The summed E-state index contributed by atoms with van der Waals surface area (Å²) in [6, 6.07) is 46.6. The minimum atomic E-state index is 1.20. The average Bonchev–Trinajstić information content (AvgIpc) is 3.65. The average molecular weight is 532 g/mol. The fourth-order valence-electron chi connectivity index (χ4n) is 6.33. The molecule has 3 heteroatoms. The van der Waals surface area contributed by atoms with E-state index in [-0.39, 0.29) is 0 Å². The van der Waals surface area contributed by atoms with Crippen molar-refractivity contribution in [2.24, 2.45) is 0 Å². The summed E-state index contributed by atoms with van der Waals surface area (Å²) in [5.74, 6) is 0. The van der Waals surface area contributed by atoms with E-state index in [9.17, 15) is 0 Å². The summed E-state index contributed by atoms with van der Waals surface area (Å²) < 4.78 is 6.62. The molecule has 0 saturated carbocycles. The highest BCUT2D eigenvalue weighted by molar-refractivity contribution is 7.45. The van der Waals surface area contributed by atoms with Crippen molar-refractivity contribution in [3.05, 3.63) is 127 Å². The summed E-state index contributed by atoms with van der Waals surface area (Å²) in [5.41, 5.74) is 6.25. The van der Waals surface area contributed by atoms with E-state index in [1.54, 1.807) is 0 Å². The van der Waals surface area contributed by atoms with Gasteiger partial charge in [-0.2, -0.15) is 0 Å². The summed E-state index contributed by atoms with van der Waals surface area (Å²) in [6.45, 7) is 0. The number of thiophene rings is 2. The Hall–Kier alpha value is -4.44. The summed E-state index contributed by atoms with van der Waals surface area (Å²) in [4.78, 5) is 0. The van der Waals surface area contributed by atoms with Gasteiger partial charge < -0.3 is 4.57 Å². The Morgan fingerprint density at radius 2 is 1.26 bits per heavy atom. The van der Waals surface area contributed by atoms with E-state index >= 15 is 0 Å². The molecule has 1 nitrogen and oxygen atoms in total. The van der Waals surface area contributed by atoms with Crippen LogP contribution in [0.15, 0.2) is 127 Å². The molecule has 0 aliphatic carbocycles. The summed E-state index contributed by atoms with van der Waals surface area (Å²) in [7, 11) is 0. The predicted molar refractivity (Wildman–Crippen MR) is 172 cm³/mol. The largest absolute Gasteiger partial charge is 0.308 e. The summed E-state index contributed by atoms with van der Waals surface area (Å²) in [6.07, 6.45) is 0. The number of fused-ring (bicyclic) bond motifs is 10. The molecule has 0 N–H and O–H groups in total. The van der Waals surface area contributed by atoms with Gasteiger partial charge in [0.15, 0.2) is 0 Å². The molecule has 0 unspecified atom stereocenters. The van der Waals surface area contributed by atoms with Crippen LogP contribution in [0.1, 0.15) is 0 Å². The number of hydrogen-bond donors (Lipinski definition) is 0. The molecule has 3 aromatic heterocycles. The number of rotatable bonds is 2. The van der Waals surface area contributed by atoms with Gasteiger partial charge in [0.2, 0.25) is 0 Å². The Morgan fingerprint density at radius 3 is 2.21 bits per heavy atom. The topological polar surface area (TPSA) is 4.93 Å². The van der Waals surface area contributed by atoms with Gasteiger partial charge in [0.1, 0.15) is 0 Å². The van der Waals surface area contributed by atoms with Gasteiger partial charge in [-0.1, -0.05) is 103 Å². The number of nitrogens with zero attached hydrogens (tertiary/aromatic N) is 1. The first-order chi connectivity index (χ1) is 19.3. The second-order valence-corrected chi connectivity index (χ2v) is 12.5. The molecular weight excluding hydrogens is 511 g/mol. The van der Waals surface area contributed by atoms with E-state index < -0.39 is 0 Å². The zero-order chi connectivity index (χ0) is 25.5. The van der Waals surface area contributed by atoms with Gasteiger partial charge >= 0.3 is 0 Å². The lowest BCUT2D eigenvalue weighted by Gasteiger charge is -2.12. The lowest BCUT2D eigenvalue weighted by molar-refractivity contribution is 1.19. The molecule has 6 aromatic carbocycles. The van der Waals surface area contributed by atoms with E-state index in [0.717, 1.165) is 0 Å². The second kappa shape index (κ2) is 8.03. The zero-order valence-corrected chi connectivity index (χ0v) is 22.5. The van der Waals surface area contributed by atoms with Crippen molar-refractivity contribution in [2.45, 2.75) is 0 Å². The van der Waals surface area contributed by atoms with Gasteiger partial charge in [-0.25, -0.2) is 0 Å². The van der Waals surface area contributed by atoms with Crippen LogP contribution in [-0.2, 0) is 0 Å². The third kappa shape index (κ3) is 3.00. The third-order valence-corrected chi connectivity index (χ3v) is 10.5. The minimum absolute atomic E-state index is 1.20. The molecule has 0 saturated heterocycles. The van der Waals surface area contributed by atoms with Crippen LogP contribution in [0.3, 0.4) is 0 Å². The number of hydrogen-bond acceptors (Lipinski definition) is 2. The van der Waals surface area contributed by atoms with Crippen molar-refractivity contribution in [3.8, 4) is 16.8 Å². The van der Waals surface area contributed by atoms with Crippen LogP contribution in [0.25, 0.3) is 79.0 Å². The highest BCUT2D eigenvalue weighted by atomic mass is 32.2. The zero-order valence-electron chi connectivity index (χ0n) is 20.9. The van der Waals surface area contributed by atoms with E-state index in [0.29, 0.717) is 0 Å². The van der Waals surface area contributed by atoms with E-state index in [1.165, 1.54) is 79.0 Å². The molecule has 0 aliphatic rings. The Morgan fingerprint density at radius 1 is 0.513 bits per heavy atom. The maximum absolute atomic E-state index is 2.49. The first-order valence-corrected chi connectivity index (χ1v) is 14.8. The Bertz CT molecular complexity index is 2390. The molecule has 0 spiro atoms. The normalized spacial score (nSPS) is 12.1. The van der Waals surface area contributed by atoms with Crippen molar-refractivity contribution in [1.29, 1.82) is 0 Å². The molecular formula is C36H21NS2. The quantitative estimate of drug-likeness (QED) is 0.209. The van der Waals surface area contributed by atoms with Crippen molar-refractivity contribution >= 4 is 84.8 Å². The van der Waals surface area contributed by atoms with Gasteiger partial charge in [-0.15, -0.1) is 22.7 Å². The van der Waals surface area contributed by atoms with Gasteiger partial charge in [0, 0.05) is 37.3 Å². The molecule has 0 fully saturated rings. The van der Waals surface area contributed by atoms with E-state index in [1.807, 2.05) is 22.7 Å². The maximum Gasteiger partial charge on any atom is 0.0891 e. The fraction of sp³-hybridized carbons (Fsp3) is 0. The molecule has 0 bridgehead atoms. The molecule has 39 heavy (non-hydrogen) atoms. The number of aromatic nitrogens is 1. The fourth-order valence-corrected chi connectivity index (χ4v) is 9.05. The Labute approximate surface area is 232 Å². The lowest BCUT2D eigenvalue weighted by Crippen LogP contribution is -1.94. The Kier molecular flexibility index (Phi) is 4.43. The first-order valence-electron chi connectivity index (χ1n) is 13.2. The smallest absolute Gasteiger partial charge is 0.0891 e. The number of para-hydroxylation sites is 1. The molecule has 0 aliphatic heterocycles. The summed E-state index contributed by atoms with van der Waals surface area (Å²) >= 11 is 3.86.